The lowest BCUT2D eigenvalue weighted by atomic mass is 10.1. The fraction of sp³-hybridized carbons (Fsp3) is 0.412. The van der Waals surface area contributed by atoms with Crippen LogP contribution in [0.25, 0.3) is 0 Å². The van der Waals surface area contributed by atoms with Crippen LogP contribution in [0.1, 0.15) is 33.8 Å². The third-order valence-corrected chi connectivity index (χ3v) is 4.12. The van der Waals surface area contributed by atoms with Gasteiger partial charge in [0.1, 0.15) is 18.1 Å². The SMILES string of the molecule is Cc1noc(C)c1COc1ccccc1C(=O)N1CC[C@@H](O)C1. The fourth-order valence-electron chi connectivity index (χ4n) is 2.72. The van der Waals surface area contributed by atoms with Crippen molar-refractivity contribution in [2.75, 3.05) is 13.1 Å². The molecule has 3 rings (SSSR count). The lowest BCUT2D eigenvalue weighted by molar-refractivity contribution is 0.0760. The Hall–Kier alpha value is -2.34. The van der Waals surface area contributed by atoms with E-state index in [1.807, 2.05) is 26.0 Å². The molecule has 1 N–H and O–H groups in total. The Bertz CT molecular complexity index is 691. The van der Waals surface area contributed by atoms with Gasteiger partial charge in [-0.2, -0.15) is 0 Å². The molecule has 0 unspecified atom stereocenters. The van der Waals surface area contributed by atoms with Crippen molar-refractivity contribution in [3.8, 4) is 5.75 Å². The van der Waals surface area contributed by atoms with Crippen molar-refractivity contribution in [2.45, 2.75) is 33.0 Å². The zero-order valence-electron chi connectivity index (χ0n) is 13.3. The van der Waals surface area contributed by atoms with Gasteiger partial charge in [-0.25, -0.2) is 0 Å². The summed E-state index contributed by atoms with van der Waals surface area (Å²) in [5.41, 5.74) is 2.19. The van der Waals surface area contributed by atoms with Crippen LogP contribution in [0.5, 0.6) is 5.75 Å². The van der Waals surface area contributed by atoms with Gasteiger partial charge in [-0.1, -0.05) is 17.3 Å². The van der Waals surface area contributed by atoms with E-state index >= 15 is 0 Å². The van der Waals surface area contributed by atoms with E-state index in [2.05, 4.69) is 5.16 Å². The predicted molar refractivity (Wildman–Crippen MR) is 83.3 cm³/mol. The molecule has 23 heavy (non-hydrogen) atoms. The highest BCUT2D eigenvalue weighted by Gasteiger charge is 2.27. The minimum Gasteiger partial charge on any atom is -0.488 e. The average Bonchev–Trinajstić information content (AvgIpc) is 3.12. The van der Waals surface area contributed by atoms with E-state index in [9.17, 15) is 9.90 Å². The highest BCUT2D eigenvalue weighted by molar-refractivity contribution is 5.97. The molecular formula is C17H20N2O4. The number of ether oxygens (including phenoxy) is 1. The number of β-amino-alcohol motifs (C(OH)–C–C–N with tert-alkyl or cyclic N) is 1. The Labute approximate surface area is 134 Å². The summed E-state index contributed by atoms with van der Waals surface area (Å²) in [6.45, 7) is 4.93. The minimum absolute atomic E-state index is 0.115. The second-order valence-corrected chi connectivity index (χ2v) is 5.78. The number of aliphatic hydroxyl groups is 1. The molecule has 1 amide bonds. The smallest absolute Gasteiger partial charge is 0.257 e. The number of rotatable bonds is 4. The van der Waals surface area contributed by atoms with Gasteiger partial charge in [0.05, 0.1) is 22.9 Å². The minimum atomic E-state index is -0.436. The zero-order chi connectivity index (χ0) is 16.4. The molecule has 1 aromatic heterocycles. The van der Waals surface area contributed by atoms with Crippen LogP contribution in [0.3, 0.4) is 0 Å². The first-order valence-electron chi connectivity index (χ1n) is 7.67. The molecule has 1 aromatic carbocycles. The Morgan fingerprint density at radius 1 is 1.43 bits per heavy atom. The Morgan fingerprint density at radius 2 is 2.22 bits per heavy atom. The van der Waals surface area contributed by atoms with Crippen LogP contribution in [0, 0.1) is 13.8 Å². The topological polar surface area (TPSA) is 75.8 Å². The summed E-state index contributed by atoms with van der Waals surface area (Å²) in [6.07, 6.45) is 0.183. The Morgan fingerprint density at radius 3 is 2.87 bits per heavy atom. The molecule has 6 heteroatoms. The summed E-state index contributed by atoms with van der Waals surface area (Å²) in [5, 5.41) is 13.5. The van der Waals surface area contributed by atoms with Crippen molar-refractivity contribution in [1.82, 2.24) is 10.1 Å². The standard InChI is InChI=1S/C17H20N2O4/c1-11-15(12(2)23-18-11)10-22-16-6-4-3-5-14(16)17(21)19-8-7-13(20)9-19/h3-6,13,20H,7-10H2,1-2H3/t13-/m1/s1. The van der Waals surface area contributed by atoms with E-state index < -0.39 is 6.10 Å². The van der Waals surface area contributed by atoms with Crippen LogP contribution in [-0.4, -0.2) is 40.3 Å². The van der Waals surface area contributed by atoms with Gasteiger partial charge in [-0.15, -0.1) is 0 Å². The first-order valence-corrected chi connectivity index (χ1v) is 7.67. The van der Waals surface area contributed by atoms with Crippen molar-refractivity contribution < 1.29 is 19.2 Å². The normalized spacial score (nSPS) is 17.5. The van der Waals surface area contributed by atoms with Crippen LogP contribution in [0.15, 0.2) is 28.8 Å². The number of para-hydroxylation sites is 1. The number of hydrogen-bond acceptors (Lipinski definition) is 5. The van der Waals surface area contributed by atoms with Crippen molar-refractivity contribution in [1.29, 1.82) is 0 Å². The summed E-state index contributed by atoms with van der Waals surface area (Å²) in [7, 11) is 0. The van der Waals surface area contributed by atoms with Gasteiger partial charge in [0.15, 0.2) is 0 Å². The number of hydrogen-bond donors (Lipinski definition) is 1. The number of likely N-dealkylation sites (tertiary alicyclic amines) is 1. The number of nitrogens with zero attached hydrogens (tertiary/aromatic N) is 2. The maximum Gasteiger partial charge on any atom is 0.257 e. The highest BCUT2D eigenvalue weighted by Crippen LogP contribution is 2.24. The van der Waals surface area contributed by atoms with Crippen molar-refractivity contribution in [3.05, 3.63) is 46.8 Å². The molecule has 1 saturated heterocycles. The number of benzene rings is 1. The van der Waals surface area contributed by atoms with E-state index in [0.717, 1.165) is 11.3 Å². The number of carbonyl (C=O) groups excluding carboxylic acids is 1. The van der Waals surface area contributed by atoms with Crippen LogP contribution in [0.4, 0.5) is 0 Å². The molecule has 2 aromatic rings. The van der Waals surface area contributed by atoms with E-state index in [1.165, 1.54) is 0 Å². The first-order chi connectivity index (χ1) is 11.1. The second-order valence-electron chi connectivity index (χ2n) is 5.78. The molecule has 0 aliphatic carbocycles. The molecule has 1 atom stereocenters. The quantitative estimate of drug-likeness (QED) is 0.934. The van der Waals surface area contributed by atoms with Crippen LogP contribution in [0.2, 0.25) is 0 Å². The molecule has 6 nitrogen and oxygen atoms in total. The van der Waals surface area contributed by atoms with Gasteiger partial charge in [-0.3, -0.25) is 4.79 Å². The maximum absolute atomic E-state index is 12.6. The van der Waals surface area contributed by atoms with E-state index in [1.54, 1.807) is 17.0 Å². The van der Waals surface area contributed by atoms with E-state index in [0.29, 0.717) is 43.2 Å². The Balaban J connectivity index is 1.77. The second kappa shape index (κ2) is 6.42. The Kier molecular flexibility index (Phi) is 4.34. The molecule has 2 heterocycles. The number of carbonyl (C=O) groups is 1. The zero-order valence-corrected chi connectivity index (χ0v) is 13.3. The first kappa shape index (κ1) is 15.6. The summed E-state index contributed by atoms with van der Waals surface area (Å²) in [4.78, 5) is 14.3. The van der Waals surface area contributed by atoms with Crippen molar-refractivity contribution in [2.24, 2.45) is 0 Å². The van der Waals surface area contributed by atoms with E-state index in [4.69, 9.17) is 9.26 Å². The fourth-order valence-corrected chi connectivity index (χ4v) is 2.72. The lowest BCUT2D eigenvalue weighted by Crippen LogP contribution is -2.29. The number of aromatic nitrogens is 1. The molecule has 1 aliphatic heterocycles. The molecule has 0 saturated carbocycles. The van der Waals surface area contributed by atoms with Crippen LogP contribution in [-0.2, 0) is 6.61 Å². The van der Waals surface area contributed by atoms with Crippen LogP contribution >= 0.6 is 0 Å². The maximum atomic E-state index is 12.6. The van der Waals surface area contributed by atoms with Gasteiger partial charge >= 0.3 is 0 Å². The molecule has 0 bridgehead atoms. The molecule has 122 valence electrons. The number of aliphatic hydroxyl groups excluding tert-OH is 1. The average molecular weight is 316 g/mol. The summed E-state index contributed by atoms with van der Waals surface area (Å²) in [5.74, 6) is 1.13. The summed E-state index contributed by atoms with van der Waals surface area (Å²) in [6, 6.07) is 7.16. The van der Waals surface area contributed by atoms with Crippen molar-refractivity contribution >= 4 is 5.91 Å². The third kappa shape index (κ3) is 3.22. The molecule has 1 fully saturated rings. The summed E-state index contributed by atoms with van der Waals surface area (Å²) < 4.78 is 11.0. The van der Waals surface area contributed by atoms with Gasteiger partial charge in [0.25, 0.3) is 5.91 Å². The molecule has 1 aliphatic rings. The van der Waals surface area contributed by atoms with Crippen LogP contribution < -0.4 is 4.74 Å². The lowest BCUT2D eigenvalue weighted by Gasteiger charge is -2.18. The van der Waals surface area contributed by atoms with Gasteiger partial charge in [0.2, 0.25) is 0 Å². The van der Waals surface area contributed by atoms with Gasteiger partial charge in [0, 0.05) is 13.1 Å². The van der Waals surface area contributed by atoms with Gasteiger partial charge in [-0.05, 0) is 32.4 Å². The third-order valence-electron chi connectivity index (χ3n) is 4.12. The molecular weight excluding hydrogens is 296 g/mol. The van der Waals surface area contributed by atoms with Crippen molar-refractivity contribution in [3.63, 3.8) is 0 Å². The number of amides is 1. The van der Waals surface area contributed by atoms with Gasteiger partial charge < -0.3 is 19.3 Å². The largest absolute Gasteiger partial charge is 0.488 e. The van der Waals surface area contributed by atoms with E-state index in [-0.39, 0.29) is 5.91 Å². The summed E-state index contributed by atoms with van der Waals surface area (Å²) >= 11 is 0. The molecule has 0 spiro atoms. The monoisotopic (exact) mass is 316 g/mol. The molecule has 0 radical (unpaired) electrons. The number of aryl methyl sites for hydroxylation is 2. The predicted octanol–water partition coefficient (Wildman–Crippen LogP) is 2.08. The highest BCUT2D eigenvalue weighted by atomic mass is 16.5.